The van der Waals surface area contributed by atoms with Gasteiger partial charge in [-0.1, -0.05) is 6.92 Å². The first kappa shape index (κ1) is 9.90. The zero-order chi connectivity index (χ0) is 9.23. The minimum atomic E-state index is -2.38. The molecule has 0 heterocycles. The van der Waals surface area contributed by atoms with Gasteiger partial charge in [-0.3, -0.25) is 0 Å². The molecule has 0 amide bonds. The Morgan fingerprint density at radius 3 is 1.91 bits per heavy atom. The van der Waals surface area contributed by atoms with Crippen LogP contribution in [0.15, 0.2) is 0 Å². The summed E-state index contributed by atoms with van der Waals surface area (Å²) >= 11 is 0. The molecule has 0 aromatic heterocycles. The molecule has 0 saturated heterocycles. The van der Waals surface area contributed by atoms with E-state index < -0.39 is 23.5 Å². The Morgan fingerprint density at radius 2 is 1.82 bits per heavy atom. The normalized spacial score (nSPS) is 18.5. The first-order valence-electron chi connectivity index (χ1n) is 2.94. The van der Waals surface area contributed by atoms with Crippen LogP contribution in [-0.4, -0.2) is 22.6 Å². The van der Waals surface area contributed by atoms with Crippen LogP contribution in [0.1, 0.15) is 13.8 Å². The Kier molecular flexibility index (Phi) is 2.59. The molecule has 0 bridgehead atoms. The maximum absolute atomic E-state index is 10.1. The minimum absolute atomic E-state index is 0.850. The van der Waals surface area contributed by atoms with Gasteiger partial charge in [0.2, 0.25) is 0 Å². The average Bonchev–Trinajstić information content (AvgIpc) is 1.85. The summed E-state index contributed by atoms with van der Waals surface area (Å²) in [5.74, 6) is -4.94. The van der Waals surface area contributed by atoms with Crippen LogP contribution in [0.5, 0.6) is 0 Å². The lowest BCUT2D eigenvalue weighted by atomic mass is 9.91. The van der Waals surface area contributed by atoms with Gasteiger partial charge in [0, 0.05) is 11.9 Å². The Balaban J connectivity index is 4.55. The number of carbonyl (C=O) groups is 2. The van der Waals surface area contributed by atoms with Gasteiger partial charge in [0.1, 0.15) is 5.60 Å². The lowest BCUT2D eigenvalue weighted by Gasteiger charge is -2.31. The molecule has 11 heavy (non-hydrogen) atoms. The molecule has 0 aliphatic carbocycles. The number of rotatable bonds is 3. The van der Waals surface area contributed by atoms with Gasteiger partial charge in [-0.05, 0) is 6.92 Å². The van der Waals surface area contributed by atoms with Crippen LogP contribution in [0.3, 0.4) is 0 Å². The smallest absolute Gasteiger partial charge is 0.109 e. The highest BCUT2D eigenvalue weighted by Crippen LogP contribution is 2.14. The van der Waals surface area contributed by atoms with Gasteiger partial charge in [-0.15, -0.1) is 0 Å². The summed E-state index contributed by atoms with van der Waals surface area (Å²) in [5, 5.41) is 29.2. The molecular weight excluding hydrogens is 152 g/mol. The quantitative estimate of drug-likeness (QED) is 0.470. The second-order valence-electron chi connectivity index (χ2n) is 2.48. The fraction of sp³-hybridized carbons (Fsp3) is 0.667. The largest absolute Gasteiger partial charge is 0.550 e. The summed E-state index contributed by atoms with van der Waals surface area (Å²) in [6, 6.07) is 0. The number of carbonyl (C=O) groups excluding carboxylic acids is 2. The van der Waals surface area contributed by atoms with Crippen LogP contribution >= 0.6 is 0 Å². The predicted molar refractivity (Wildman–Crippen MR) is 29.8 cm³/mol. The average molecular weight is 160 g/mol. The molecule has 0 spiro atoms. The molecule has 5 heteroatoms. The summed E-state index contributed by atoms with van der Waals surface area (Å²) in [7, 11) is 0. The second kappa shape index (κ2) is 2.87. The van der Waals surface area contributed by atoms with Gasteiger partial charge in [-0.25, -0.2) is 0 Å². The van der Waals surface area contributed by atoms with E-state index in [0.29, 0.717) is 0 Å². The fourth-order valence-electron chi connectivity index (χ4n) is 0.406. The van der Waals surface area contributed by atoms with Gasteiger partial charge in [0.15, 0.2) is 0 Å². The second-order valence-corrected chi connectivity index (χ2v) is 2.48. The Bertz CT molecular complexity index is 183. The number of hydrogen-bond donors (Lipinski definition) is 1. The van der Waals surface area contributed by atoms with Crippen molar-refractivity contribution in [2.45, 2.75) is 19.4 Å². The third kappa shape index (κ3) is 1.91. The Morgan fingerprint density at radius 1 is 1.45 bits per heavy atom. The number of carboxylic acids is 2. The van der Waals surface area contributed by atoms with Crippen molar-refractivity contribution in [3.05, 3.63) is 0 Å². The molecule has 5 nitrogen and oxygen atoms in total. The highest BCUT2D eigenvalue weighted by Gasteiger charge is 2.30. The van der Waals surface area contributed by atoms with Crippen molar-refractivity contribution in [2.24, 2.45) is 5.92 Å². The molecule has 0 aliphatic heterocycles. The van der Waals surface area contributed by atoms with Crippen molar-refractivity contribution < 1.29 is 24.9 Å². The van der Waals surface area contributed by atoms with Crippen molar-refractivity contribution >= 4 is 11.9 Å². The molecule has 0 aliphatic rings. The van der Waals surface area contributed by atoms with Crippen molar-refractivity contribution in [2.75, 3.05) is 0 Å². The van der Waals surface area contributed by atoms with Gasteiger partial charge in [0.25, 0.3) is 0 Å². The zero-order valence-electron chi connectivity index (χ0n) is 6.16. The van der Waals surface area contributed by atoms with Crippen molar-refractivity contribution in [3.8, 4) is 0 Å². The first-order chi connectivity index (χ1) is 4.80. The molecule has 0 radical (unpaired) electrons. The third-order valence-electron chi connectivity index (χ3n) is 1.61. The van der Waals surface area contributed by atoms with Crippen LogP contribution < -0.4 is 10.2 Å². The molecule has 0 aromatic carbocycles. The lowest BCUT2D eigenvalue weighted by Crippen LogP contribution is -2.55. The van der Waals surface area contributed by atoms with Crippen LogP contribution in [-0.2, 0) is 9.59 Å². The van der Waals surface area contributed by atoms with E-state index in [0.717, 1.165) is 13.8 Å². The molecule has 64 valence electrons. The van der Waals surface area contributed by atoms with E-state index in [1.165, 1.54) is 0 Å². The van der Waals surface area contributed by atoms with Crippen LogP contribution in [0.4, 0.5) is 0 Å². The van der Waals surface area contributed by atoms with Crippen LogP contribution in [0, 0.1) is 5.92 Å². The highest BCUT2D eigenvalue weighted by atomic mass is 16.4. The zero-order valence-corrected chi connectivity index (χ0v) is 6.16. The summed E-state index contributed by atoms with van der Waals surface area (Å²) < 4.78 is 0. The van der Waals surface area contributed by atoms with Crippen molar-refractivity contribution in [3.63, 3.8) is 0 Å². The van der Waals surface area contributed by atoms with E-state index >= 15 is 0 Å². The molecule has 0 saturated carbocycles. The predicted octanol–water partition coefficient (Wildman–Crippen LogP) is -3.13. The molecule has 0 fully saturated rings. The standard InChI is InChI=1S/C6H10O5/c1-3(4(7)8)6(2,11)5(9)10/h3,11H,1-2H3,(H,7,8)(H,9,10)/p-2. The highest BCUT2D eigenvalue weighted by molar-refractivity contribution is 5.82. The van der Waals surface area contributed by atoms with Crippen molar-refractivity contribution in [1.29, 1.82) is 0 Å². The molecule has 0 rings (SSSR count). The summed E-state index contributed by atoms with van der Waals surface area (Å²) in [6.45, 7) is 1.88. The van der Waals surface area contributed by atoms with Gasteiger partial charge in [-0.2, -0.15) is 0 Å². The Labute approximate surface area is 63.3 Å². The van der Waals surface area contributed by atoms with E-state index in [9.17, 15) is 19.8 Å². The van der Waals surface area contributed by atoms with Gasteiger partial charge < -0.3 is 24.9 Å². The van der Waals surface area contributed by atoms with Gasteiger partial charge >= 0.3 is 0 Å². The van der Waals surface area contributed by atoms with E-state index in [1.54, 1.807) is 0 Å². The molecule has 1 N–H and O–H groups in total. The number of hydrogen-bond acceptors (Lipinski definition) is 5. The Hall–Kier alpha value is -1.10. The number of aliphatic carboxylic acids is 2. The van der Waals surface area contributed by atoms with E-state index in [1.807, 2.05) is 0 Å². The topological polar surface area (TPSA) is 100 Å². The lowest BCUT2D eigenvalue weighted by molar-refractivity contribution is -0.338. The summed E-state index contributed by atoms with van der Waals surface area (Å²) in [5.41, 5.74) is -2.38. The fourth-order valence-corrected chi connectivity index (χ4v) is 0.406. The maximum Gasteiger partial charge on any atom is 0.109 e. The van der Waals surface area contributed by atoms with Crippen LogP contribution in [0.25, 0.3) is 0 Å². The molecule has 0 aromatic rings. The number of aliphatic hydroxyl groups is 1. The van der Waals surface area contributed by atoms with E-state index in [4.69, 9.17) is 5.11 Å². The molecular formula is C6H8O5-2. The molecule has 2 atom stereocenters. The third-order valence-corrected chi connectivity index (χ3v) is 1.61. The van der Waals surface area contributed by atoms with Crippen molar-refractivity contribution in [1.82, 2.24) is 0 Å². The van der Waals surface area contributed by atoms with E-state index in [2.05, 4.69) is 0 Å². The monoisotopic (exact) mass is 160 g/mol. The van der Waals surface area contributed by atoms with Crippen LogP contribution in [0.2, 0.25) is 0 Å². The van der Waals surface area contributed by atoms with Gasteiger partial charge in [0.05, 0.1) is 5.97 Å². The summed E-state index contributed by atoms with van der Waals surface area (Å²) in [6.07, 6.45) is 0. The SMILES string of the molecule is CC(C(=O)[O-])C(C)(O)C(=O)[O-]. The minimum Gasteiger partial charge on any atom is -0.550 e. The van der Waals surface area contributed by atoms with E-state index in [-0.39, 0.29) is 0 Å². The maximum atomic E-state index is 10.1. The first-order valence-corrected chi connectivity index (χ1v) is 2.94. The molecule has 2 unspecified atom stereocenters. The summed E-state index contributed by atoms with van der Waals surface area (Å²) in [4.78, 5) is 20.2. The number of carboxylic acid groups (broad SMARTS) is 2.